The fraction of sp³-hybridized carbons (Fsp3) is 0.179. The van der Waals surface area contributed by atoms with Crippen molar-refractivity contribution in [3.63, 3.8) is 0 Å². The number of carbonyl (C=O) groups excluding carboxylic acids is 2. The maximum atomic E-state index is 13.2. The SMILES string of the molecule is CCOc1ccc(N2C(=O)/C(=C/c3ccccc3OCC(=O)Nc3ccccc3CC)SC2=S)cc1. The maximum Gasteiger partial charge on any atom is 0.270 e. The number of hydrogen-bond donors (Lipinski definition) is 1. The molecular formula is C28H26N2O4S2. The van der Waals surface area contributed by atoms with E-state index >= 15 is 0 Å². The number of aryl methyl sites for hydroxylation is 1. The third-order valence-corrected chi connectivity index (χ3v) is 6.74. The van der Waals surface area contributed by atoms with Gasteiger partial charge in [0.1, 0.15) is 11.5 Å². The number of para-hydroxylation sites is 2. The van der Waals surface area contributed by atoms with Crippen molar-refractivity contribution in [3.05, 3.63) is 88.8 Å². The summed E-state index contributed by atoms with van der Waals surface area (Å²) < 4.78 is 11.8. The quantitative estimate of drug-likeness (QED) is 0.274. The topological polar surface area (TPSA) is 67.9 Å². The molecule has 0 spiro atoms. The van der Waals surface area contributed by atoms with E-state index in [0.717, 1.165) is 23.4 Å². The Hall–Kier alpha value is -3.62. The van der Waals surface area contributed by atoms with Gasteiger partial charge in [-0.25, -0.2) is 0 Å². The molecule has 0 atom stereocenters. The van der Waals surface area contributed by atoms with Gasteiger partial charge in [0.25, 0.3) is 11.8 Å². The van der Waals surface area contributed by atoms with Crippen molar-refractivity contribution in [2.75, 3.05) is 23.4 Å². The second-order valence-corrected chi connectivity index (χ2v) is 9.51. The standard InChI is InChI=1S/C28H26N2O4S2/c1-3-19-9-5-7-11-23(19)29-26(31)18-34-24-12-8-6-10-20(24)17-25-27(32)30(28(35)36-25)21-13-15-22(16-14-21)33-4-2/h5-17H,3-4,18H2,1-2H3,(H,29,31)/b25-17-. The molecule has 6 nitrogen and oxygen atoms in total. The van der Waals surface area contributed by atoms with E-state index in [0.29, 0.717) is 32.8 Å². The number of hydrogen-bond acceptors (Lipinski definition) is 6. The molecule has 0 aromatic heterocycles. The highest BCUT2D eigenvalue weighted by molar-refractivity contribution is 8.27. The van der Waals surface area contributed by atoms with Gasteiger partial charge < -0.3 is 14.8 Å². The van der Waals surface area contributed by atoms with Crippen LogP contribution in [0.25, 0.3) is 6.08 Å². The van der Waals surface area contributed by atoms with E-state index in [4.69, 9.17) is 21.7 Å². The summed E-state index contributed by atoms with van der Waals surface area (Å²) in [7, 11) is 0. The Morgan fingerprint density at radius 3 is 2.47 bits per heavy atom. The lowest BCUT2D eigenvalue weighted by atomic mass is 10.1. The Bertz CT molecular complexity index is 1300. The van der Waals surface area contributed by atoms with Gasteiger partial charge in [-0.1, -0.05) is 67.3 Å². The van der Waals surface area contributed by atoms with E-state index in [1.165, 1.54) is 16.7 Å². The Labute approximate surface area is 220 Å². The van der Waals surface area contributed by atoms with Crippen LogP contribution < -0.4 is 19.7 Å². The van der Waals surface area contributed by atoms with Crippen LogP contribution in [0.1, 0.15) is 25.0 Å². The summed E-state index contributed by atoms with van der Waals surface area (Å²) in [5.74, 6) is 0.767. The summed E-state index contributed by atoms with van der Waals surface area (Å²) >= 11 is 6.72. The average Bonchev–Trinajstić information content (AvgIpc) is 3.17. The molecule has 1 aliphatic rings. The Morgan fingerprint density at radius 2 is 1.72 bits per heavy atom. The van der Waals surface area contributed by atoms with Crippen molar-refractivity contribution >= 4 is 57.6 Å². The highest BCUT2D eigenvalue weighted by Gasteiger charge is 2.33. The number of amides is 2. The number of benzene rings is 3. The second-order valence-electron chi connectivity index (χ2n) is 7.83. The van der Waals surface area contributed by atoms with Crippen LogP contribution in [-0.4, -0.2) is 29.3 Å². The van der Waals surface area contributed by atoms with Gasteiger partial charge in [-0.15, -0.1) is 0 Å². The number of nitrogens with zero attached hydrogens (tertiary/aromatic N) is 1. The lowest BCUT2D eigenvalue weighted by Gasteiger charge is -2.15. The zero-order chi connectivity index (χ0) is 25.5. The molecule has 0 aliphatic carbocycles. The molecule has 1 heterocycles. The molecule has 4 rings (SSSR count). The van der Waals surface area contributed by atoms with Crippen molar-refractivity contribution < 1.29 is 19.1 Å². The molecule has 1 aliphatic heterocycles. The van der Waals surface area contributed by atoms with Crippen molar-refractivity contribution in [1.29, 1.82) is 0 Å². The third kappa shape index (κ3) is 5.95. The number of nitrogens with one attached hydrogen (secondary N) is 1. The largest absolute Gasteiger partial charge is 0.494 e. The summed E-state index contributed by atoms with van der Waals surface area (Å²) in [5.41, 5.74) is 3.20. The number of anilines is 2. The first-order chi connectivity index (χ1) is 17.5. The lowest BCUT2D eigenvalue weighted by Crippen LogP contribution is -2.27. The molecule has 3 aromatic rings. The molecule has 0 unspecified atom stereocenters. The Balaban J connectivity index is 1.46. The first-order valence-corrected chi connectivity index (χ1v) is 12.8. The fourth-order valence-electron chi connectivity index (χ4n) is 3.70. The van der Waals surface area contributed by atoms with Gasteiger partial charge >= 0.3 is 0 Å². The van der Waals surface area contributed by atoms with Crippen LogP contribution >= 0.6 is 24.0 Å². The normalized spacial score (nSPS) is 14.3. The van der Waals surface area contributed by atoms with Gasteiger partial charge in [-0.3, -0.25) is 14.5 Å². The predicted molar refractivity (Wildman–Crippen MR) is 150 cm³/mol. The van der Waals surface area contributed by atoms with Crippen LogP contribution in [0.5, 0.6) is 11.5 Å². The van der Waals surface area contributed by atoms with Gasteiger partial charge in [-0.2, -0.15) is 0 Å². The molecular weight excluding hydrogens is 492 g/mol. The van der Waals surface area contributed by atoms with Crippen LogP contribution in [0.2, 0.25) is 0 Å². The van der Waals surface area contributed by atoms with E-state index in [2.05, 4.69) is 5.32 Å². The van der Waals surface area contributed by atoms with Crippen molar-refractivity contribution in [2.24, 2.45) is 0 Å². The van der Waals surface area contributed by atoms with Crippen LogP contribution in [-0.2, 0) is 16.0 Å². The molecule has 184 valence electrons. The molecule has 1 N–H and O–H groups in total. The van der Waals surface area contributed by atoms with Crippen molar-refractivity contribution in [1.82, 2.24) is 0 Å². The van der Waals surface area contributed by atoms with E-state index in [9.17, 15) is 9.59 Å². The van der Waals surface area contributed by atoms with Crippen molar-refractivity contribution in [3.8, 4) is 11.5 Å². The fourth-order valence-corrected chi connectivity index (χ4v) is 4.99. The minimum atomic E-state index is -0.257. The Kier molecular flexibility index (Phi) is 8.40. The van der Waals surface area contributed by atoms with Gasteiger partial charge in [0.15, 0.2) is 10.9 Å². The molecule has 36 heavy (non-hydrogen) atoms. The zero-order valence-corrected chi connectivity index (χ0v) is 21.7. The first-order valence-electron chi connectivity index (χ1n) is 11.6. The van der Waals surface area contributed by atoms with E-state index in [1.54, 1.807) is 12.1 Å². The predicted octanol–water partition coefficient (Wildman–Crippen LogP) is 6.07. The van der Waals surface area contributed by atoms with Gasteiger partial charge in [0, 0.05) is 11.3 Å². The average molecular weight is 519 g/mol. The van der Waals surface area contributed by atoms with Crippen molar-refractivity contribution in [2.45, 2.75) is 20.3 Å². The molecule has 3 aromatic carbocycles. The van der Waals surface area contributed by atoms with E-state index < -0.39 is 0 Å². The molecule has 0 radical (unpaired) electrons. The number of thiocarbonyl (C=S) groups is 1. The summed E-state index contributed by atoms with van der Waals surface area (Å²) in [5, 5.41) is 2.90. The first kappa shape index (κ1) is 25.5. The number of carbonyl (C=O) groups is 2. The summed E-state index contributed by atoms with van der Waals surface area (Å²) in [4.78, 5) is 27.7. The summed E-state index contributed by atoms with van der Waals surface area (Å²) in [6, 6.07) is 22.2. The van der Waals surface area contributed by atoms with Crippen LogP contribution in [0.4, 0.5) is 11.4 Å². The number of thioether (sulfide) groups is 1. The smallest absolute Gasteiger partial charge is 0.270 e. The molecule has 2 amide bonds. The molecule has 0 bridgehead atoms. The molecule has 1 saturated heterocycles. The highest BCUT2D eigenvalue weighted by atomic mass is 32.2. The van der Waals surface area contributed by atoms with Gasteiger partial charge in [-0.05, 0) is 61.4 Å². The second kappa shape index (κ2) is 11.9. The molecule has 8 heteroatoms. The number of rotatable bonds is 9. The lowest BCUT2D eigenvalue weighted by molar-refractivity contribution is -0.118. The monoisotopic (exact) mass is 518 g/mol. The Morgan fingerprint density at radius 1 is 1.00 bits per heavy atom. The van der Waals surface area contributed by atoms with E-state index in [-0.39, 0.29) is 18.4 Å². The summed E-state index contributed by atoms with van der Waals surface area (Å²) in [6.07, 6.45) is 2.56. The summed E-state index contributed by atoms with van der Waals surface area (Å²) in [6.45, 7) is 4.37. The van der Waals surface area contributed by atoms with Crippen LogP contribution in [0, 0.1) is 0 Å². The maximum absolute atomic E-state index is 13.2. The highest BCUT2D eigenvalue weighted by Crippen LogP contribution is 2.37. The van der Waals surface area contributed by atoms with Crippen LogP contribution in [0.3, 0.4) is 0 Å². The zero-order valence-electron chi connectivity index (χ0n) is 20.0. The van der Waals surface area contributed by atoms with Gasteiger partial charge in [0.2, 0.25) is 0 Å². The molecule has 0 saturated carbocycles. The third-order valence-electron chi connectivity index (χ3n) is 5.44. The molecule has 1 fully saturated rings. The minimum absolute atomic E-state index is 0.157. The van der Waals surface area contributed by atoms with E-state index in [1.807, 2.05) is 80.6 Å². The number of ether oxygens (including phenoxy) is 2. The van der Waals surface area contributed by atoms with Crippen LogP contribution in [0.15, 0.2) is 77.7 Å². The van der Waals surface area contributed by atoms with Gasteiger partial charge in [0.05, 0.1) is 17.2 Å². The minimum Gasteiger partial charge on any atom is -0.494 e.